The van der Waals surface area contributed by atoms with Crippen LogP contribution in [0.2, 0.25) is 0 Å². The Labute approximate surface area is 167 Å². The lowest BCUT2D eigenvalue weighted by Gasteiger charge is -2.02. The molecule has 0 radical (unpaired) electrons. The maximum Gasteiger partial charge on any atom is 0.235 e. The average Bonchev–Trinajstić information content (AvgIpc) is 3.42. The molecule has 0 bridgehead atoms. The summed E-state index contributed by atoms with van der Waals surface area (Å²) in [6.45, 7) is 0.534. The number of anilines is 2. The lowest BCUT2D eigenvalue weighted by molar-refractivity contribution is -0.113. The van der Waals surface area contributed by atoms with Crippen molar-refractivity contribution in [1.29, 1.82) is 5.26 Å². The van der Waals surface area contributed by atoms with E-state index in [0.717, 1.165) is 30.6 Å². The number of aryl methyl sites for hydroxylation is 1. The van der Waals surface area contributed by atoms with Crippen LogP contribution < -0.4 is 10.6 Å². The molecule has 0 saturated heterocycles. The Morgan fingerprint density at radius 1 is 1.37 bits per heavy atom. The van der Waals surface area contributed by atoms with E-state index >= 15 is 0 Å². The maximum absolute atomic E-state index is 12.3. The standard InChI is InChI=1S/C17H15N5O2S3/c18-7-12-11-4-1-5-13(11)26-15(12)20-14(23)9-25-17-22-21-16(27-17)19-8-10-3-2-6-24-10/h2-3,6H,1,4-5,8-9H2,(H,19,21)(H,20,23). The van der Waals surface area contributed by atoms with E-state index in [-0.39, 0.29) is 11.7 Å². The Kier molecular flexibility index (Phi) is 5.42. The number of fused-ring (bicyclic) bond motifs is 1. The molecule has 0 spiro atoms. The fourth-order valence-electron chi connectivity index (χ4n) is 2.82. The highest BCUT2D eigenvalue weighted by molar-refractivity contribution is 8.01. The SMILES string of the molecule is N#Cc1c(NC(=O)CSc2nnc(NCc3ccco3)s2)sc2c1CCC2. The number of nitrogens with one attached hydrogen (secondary N) is 2. The molecule has 0 unspecified atom stereocenters. The summed E-state index contributed by atoms with van der Waals surface area (Å²) >= 11 is 4.24. The summed E-state index contributed by atoms with van der Waals surface area (Å²) in [5.74, 6) is 0.895. The van der Waals surface area contributed by atoms with E-state index in [1.807, 2.05) is 12.1 Å². The first-order chi connectivity index (χ1) is 13.2. The average molecular weight is 418 g/mol. The van der Waals surface area contributed by atoms with Crippen molar-refractivity contribution in [3.8, 4) is 6.07 Å². The molecular weight excluding hydrogens is 402 g/mol. The number of hydrogen-bond donors (Lipinski definition) is 2. The van der Waals surface area contributed by atoms with Gasteiger partial charge in [-0.3, -0.25) is 4.79 Å². The van der Waals surface area contributed by atoms with Crippen molar-refractivity contribution in [3.63, 3.8) is 0 Å². The lowest BCUT2D eigenvalue weighted by atomic mass is 10.1. The van der Waals surface area contributed by atoms with Crippen LogP contribution in [0.1, 0.15) is 28.2 Å². The van der Waals surface area contributed by atoms with Crippen LogP contribution in [0.5, 0.6) is 0 Å². The molecule has 2 N–H and O–H groups in total. The molecule has 7 nitrogen and oxygen atoms in total. The van der Waals surface area contributed by atoms with Crippen molar-refractivity contribution in [1.82, 2.24) is 10.2 Å². The molecule has 1 aliphatic rings. The number of carbonyl (C=O) groups excluding carboxylic acids is 1. The van der Waals surface area contributed by atoms with Gasteiger partial charge in [0.25, 0.3) is 0 Å². The third-order valence-corrected chi connectivity index (χ3v) is 7.23. The first-order valence-electron chi connectivity index (χ1n) is 8.30. The molecule has 27 heavy (non-hydrogen) atoms. The number of amides is 1. The van der Waals surface area contributed by atoms with E-state index in [4.69, 9.17) is 4.42 Å². The molecule has 1 aliphatic carbocycles. The molecule has 10 heteroatoms. The van der Waals surface area contributed by atoms with Crippen LogP contribution in [-0.2, 0) is 24.2 Å². The smallest absolute Gasteiger partial charge is 0.235 e. The van der Waals surface area contributed by atoms with E-state index in [0.29, 0.717) is 26.6 Å². The number of hydrogen-bond acceptors (Lipinski definition) is 9. The van der Waals surface area contributed by atoms with Crippen molar-refractivity contribution < 1.29 is 9.21 Å². The van der Waals surface area contributed by atoms with Gasteiger partial charge < -0.3 is 15.1 Å². The summed E-state index contributed by atoms with van der Waals surface area (Å²) < 4.78 is 5.96. The Morgan fingerprint density at radius 3 is 3.11 bits per heavy atom. The molecule has 0 aromatic carbocycles. The zero-order valence-electron chi connectivity index (χ0n) is 14.2. The van der Waals surface area contributed by atoms with Crippen molar-refractivity contribution in [3.05, 3.63) is 40.2 Å². The number of nitrogens with zero attached hydrogens (tertiary/aromatic N) is 3. The van der Waals surface area contributed by atoms with E-state index in [9.17, 15) is 10.1 Å². The minimum atomic E-state index is -0.142. The van der Waals surface area contributed by atoms with Crippen LogP contribution in [0.3, 0.4) is 0 Å². The largest absolute Gasteiger partial charge is 0.467 e. The van der Waals surface area contributed by atoms with E-state index in [2.05, 4.69) is 26.9 Å². The molecule has 3 aromatic heterocycles. The zero-order chi connectivity index (χ0) is 18.6. The molecule has 0 fully saturated rings. The number of nitriles is 1. The number of thioether (sulfide) groups is 1. The normalized spacial score (nSPS) is 12.6. The number of rotatable bonds is 7. The third kappa shape index (κ3) is 4.16. The monoisotopic (exact) mass is 417 g/mol. The molecule has 3 heterocycles. The Balaban J connectivity index is 1.29. The van der Waals surface area contributed by atoms with Crippen LogP contribution >= 0.6 is 34.4 Å². The summed E-state index contributed by atoms with van der Waals surface area (Å²) in [7, 11) is 0. The fraction of sp³-hybridized carbons (Fsp3) is 0.294. The van der Waals surface area contributed by atoms with E-state index in [1.165, 1.54) is 39.3 Å². The second kappa shape index (κ2) is 8.12. The van der Waals surface area contributed by atoms with Gasteiger partial charge in [0.1, 0.15) is 16.8 Å². The lowest BCUT2D eigenvalue weighted by Crippen LogP contribution is -2.13. The molecule has 138 valence electrons. The van der Waals surface area contributed by atoms with Crippen LogP contribution in [0.15, 0.2) is 27.2 Å². The van der Waals surface area contributed by atoms with Gasteiger partial charge in [-0.2, -0.15) is 5.26 Å². The molecule has 0 atom stereocenters. The Bertz CT molecular complexity index is 987. The summed E-state index contributed by atoms with van der Waals surface area (Å²) in [5, 5.41) is 24.9. The van der Waals surface area contributed by atoms with Crippen molar-refractivity contribution in [2.45, 2.75) is 30.1 Å². The fourth-order valence-corrected chi connectivity index (χ4v) is 5.62. The van der Waals surface area contributed by atoms with Crippen molar-refractivity contribution >= 4 is 50.5 Å². The van der Waals surface area contributed by atoms with Gasteiger partial charge >= 0.3 is 0 Å². The molecule has 4 rings (SSSR count). The number of thiophene rings is 1. The van der Waals surface area contributed by atoms with Gasteiger partial charge in [-0.1, -0.05) is 23.1 Å². The first-order valence-corrected chi connectivity index (χ1v) is 10.9. The minimum absolute atomic E-state index is 0.142. The highest BCUT2D eigenvalue weighted by Gasteiger charge is 2.23. The number of furan rings is 1. The van der Waals surface area contributed by atoms with Gasteiger partial charge in [0.2, 0.25) is 11.0 Å². The van der Waals surface area contributed by atoms with Gasteiger partial charge in [-0.15, -0.1) is 21.5 Å². The van der Waals surface area contributed by atoms with Gasteiger partial charge in [0.15, 0.2) is 4.34 Å². The summed E-state index contributed by atoms with van der Waals surface area (Å²) in [6, 6.07) is 5.95. The summed E-state index contributed by atoms with van der Waals surface area (Å²) in [4.78, 5) is 13.5. The molecular formula is C17H15N5O2S3. The van der Waals surface area contributed by atoms with Gasteiger partial charge in [-0.05, 0) is 37.0 Å². The Morgan fingerprint density at radius 2 is 2.30 bits per heavy atom. The van der Waals surface area contributed by atoms with Crippen molar-refractivity contribution in [2.24, 2.45) is 0 Å². The van der Waals surface area contributed by atoms with Crippen LogP contribution in [0.25, 0.3) is 0 Å². The van der Waals surface area contributed by atoms with Gasteiger partial charge in [0, 0.05) is 4.88 Å². The first kappa shape index (κ1) is 18.0. The van der Waals surface area contributed by atoms with Crippen LogP contribution in [-0.4, -0.2) is 21.9 Å². The van der Waals surface area contributed by atoms with Crippen LogP contribution in [0.4, 0.5) is 10.1 Å². The minimum Gasteiger partial charge on any atom is -0.467 e. The molecule has 0 aliphatic heterocycles. The van der Waals surface area contributed by atoms with Gasteiger partial charge in [0.05, 0.1) is 24.1 Å². The van der Waals surface area contributed by atoms with Gasteiger partial charge in [-0.25, -0.2) is 0 Å². The topological polar surface area (TPSA) is 104 Å². The predicted octanol–water partition coefficient (Wildman–Crippen LogP) is 3.90. The molecule has 0 saturated carbocycles. The van der Waals surface area contributed by atoms with E-state index < -0.39 is 0 Å². The molecule has 1 amide bonds. The quantitative estimate of drug-likeness (QED) is 0.562. The number of aromatic nitrogens is 2. The van der Waals surface area contributed by atoms with E-state index in [1.54, 1.807) is 6.26 Å². The maximum atomic E-state index is 12.3. The number of carbonyl (C=O) groups is 1. The second-order valence-electron chi connectivity index (χ2n) is 5.82. The van der Waals surface area contributed by atoms with Crippen molar-refractivity contribution in [2.75, 3.05) is 16.4 Å². The third-order valence-electron chi connectivity index (χ3n) is 4.01. The van der Waals surface area contributed by atoms with Crippen LogP contribution in [0, 0.1) is 11.3 Å². The highest BCUT2D eigenvalue weighted by Crippen LogP contribution is 2.38. The summed E-state index contributed by atoms with van der Waals surface area (Å²) in [6.07, 6.45) is 4.64. The summed E-state index contributed by atoms with van der Waals surface area (Å²) in [5.41, 5.74) is 1.74. The zero-order valence-corrected chi connectivity index (χ0v) is 16.6. The second-order valence-corrected chi connectivity index (χ2v) is 9.12. The highest BCUT2D eigenvalue weighted by atomic mass is 32.2. The molecule has 3 aromatic rings. The predicted molar refractivity (Wildman–Crippen MR) is 106 cm³/mol. The Hall–Kier alpha value is -2.35.